The number of aliphatic hydroxyl groups excluding tert-OH is 1. The fraction of sp³-hybridized carbons (Fsp3) is 0.538. The molecular formula is C13H21NO3S. The molecule has 1 rings (SSSR count). The summed E-state index contributed by atoms with van der Waals surface area (Å²) < 4.78 is 0. The third-order valence-corrected chi connectivity index (χ3v) is 4.20. The molecule has 0 amide bonds. The molecule has 4 N–H and O–H groups in total. The first-order chi connectivity index (χ1) is 8.49. The number of rotatable bonds is 6. The van der Waals surface area contributed by atoms with Crippen molar-refractivity contribution in [3.05, 3.63) is 23.8 Å². The van der Waals surface area contributed by atoms with Gasteiger partial charge in [-0.2, -0.15) is 11.8 Å². The summed E-state index contributed by atoms with van der Waals surface area (Å²) in [5.74, 6) is 0.126. The molecule has 0 aromatic heterocycles. The number of nitrogens with one attached hydrogen (secondary N) is 1. The molecule has 0 bridgehead atoms. The van der Waals surface area contributed by atoms with Crippen molar-refractivity contribution in [2.24, 2.45) is 0 Å². The quantitative estimate of drug-likeness (QED) is 0.635. The van der Waals surface area contributed by atoms with E-state index in [1.54, 1.807) is 23.9 Å². The van der Waals surface area contributed by atoms with Crippen molar-refractivity contribution < 1.29 is 15.3 Å². The number of phenols is 2. The Bertz CT molecular complexity index is 382. The molecule has 4 nitrogen and oxygen atoms in total. The van der Waals surface area contributed by atoms with Gasteiger partial charge in [-0.05, 0) is 26.2 Å². The Labute approximate surface area is 112 Å². The van der Waals surface area contributed by atoms with Crippen LogP contribution in [0.5, 0.6) is 11.5 Å². The predicted octanol–water partition coefficient (Wildman–Crippen LogP) is 1.86. The van der Waals surface area contributed by atoms with Crippen LogP contribution in [0.3, 0.4) is 0 Å². The van der Waals surface area contributed by atoms with Gasteiger partial charge in [-0.25, -0.2) is 0 Å². The van der Waals surface area contributed by atoms with E-state index in [4.69, 9.17) is 0 Å². The first-order valence-corrected chi connectivity index (χ1v) is 7.20. The summed E-state index contributed by atoms with van der Waals surface area (Å²) >= 11 is 1.61. The first-order valence-electron chi connectivity index (χ1n) is 5.91. The van der Waals surface area contributed by atoms with Crippen molar-refractivity contribution in [3.63, 3.8) is 0 Å². The van der Waals surface area contributed by atoms with Crippen molar-refractivity contribution in [2.75, 3.05) is 12.9 Å². The third kappa shape index (κ3) is 3.80. The number of phenolic OH excluding ortho intramolecular Hbond substituents is 2. The third-order valence-electron chi connectivity index (χ3n) is 3.03. The molecule has 0 saturated carbocycles. The van der Waals surface area contributed by atoms with Gasteiger partial charge in [0, 0.05) is 29.0 Å². The molecular weight excluding hydrogens is 250 g/mol. The zero-order valence-corrected chi connectivity index (χ0v) is 11.7. The van der Waals surface area contributed by atoms with Gasteiger partial charge in [-0.1, -0.05) is 6.07 Å². The summed E-state index contributed by atoms with van der Waals surface area (Å²) in [7, 11) is 0. The number of thioether (sulfide) groups is 1. The molecule has 0 heterocycles. The largest absolute Gasteiger partial charge is 0.508 e. The molecule has 0 fully saturated rings. The lowest BCUT2D eigenvalue weighted by Crippen LogP contribution is -2.38. The monoisotopic (exact) mass is 271 g/mol. The second-order valence-corrected chi connectivity index (χ2v) is 5.45. The van der Waals surface area contributed by atoms with E-state index in [1.165, 1.54) is 6.07 Å². The van der Waals surface area contributed by atoms with E-state index in [2.05, 4.69) is 5.32 Å². The highest BCUT2D eigenvalue weighted by Crippen LogP contribution is 2.28. The van der Waals surface area contributed by atoms with Crippen molar-refractivity contribution >= 4 is 11.8 Å². The van der Waals surface area contributed by atoms with E-state index in [1.807, 2.05) is 20.1 Å². The second kappa shape index (κ2) is 6.87. The second-order valence-electron chi connectivity index (χ2n) is 4.38. The van der Waals surface area contributed by atoms with E-state index in [0.29, 0.717) is 0 Å². The normalized spacial score (nSPS) is 16.2. The molecule has 1 aromatic rings. The van der Waals surface area contributed by atoms with Crippen molar-refractivity contribution in [2.45, 2.75) is 31.2 Å². The van der Waals surface area contributed by atoms with Crippen LogP contribution in [-0.4, -0.2) is 39.5 Å². The SMILES string of the molecule is CSC(CO)C(C)NC(C)c1ccc(O)cc1O. The average molecular weight is 271 g/mol. The zero-order valence-electron chi connectivity index (χ0n) is 10.9. The summed E-state index contributed by atoms with van der Waals surface area (Å²) in [5, 5.41) is 31.7. The molecule has 0 spiro atoms. The number of benzene rings is 1. The summed E-state index contributed by atoms with van der Waals surface area (Å²) in [6.45, 7) is 4.06. The van der Waals surface area contributed by atoms with Gasteiger partial charge < -0.3 is 20.6 Å². The Morgan fingerprint density at radius 3 is 2.44 bits per heavy atom. The molecule has 0 aliphatic rings. The maximum Gasteiger partial charge on any atom is 0.124 e. The van der Waals surface area contributed by atoms with Crippen LogP contribution >= 0.6 is 11.8 Å². The highest BCUT2D eigenvalue weighted by Gasteiger charge is 2.19. The minimum Gasteiger partial charge on any atom is -0.508 e. The maximum atomic E-state index is 9.77. The first kappa shape index (κ1) is 15.1. The minimum atomic E-state index is -0.0539. The average Bonchev–Trinajstić information content (AvgIpc) is 2.30. The molecule has 5 heteroatoms. The van der Waals surface area contributed by atoms with Crippen LogP contribution < -0.4 is 5.32 Å². The van der Waals surface area contributed by atoms with Crippen molar-refractivity contribution in [3.8, 4) is 11.5 Å². The summed E-state index contributed by atoms with van der Waals surface area (Å²) in [6, 6.07) is 4.64. The zero-order chi connectivity index (χ0) is 13.7. The maximum absolute atomic E-state index is 9.77. The van der Waals surface area contributed by atoms with Gasteiger partial charge in [-0.15, -0.1) is 0 Å². The lowest BCUT2D eigenvalue weighted by molar-refractivity contribution is 0.271. The minimum absolute atomic E-state index is 0.0499. The lowest BCUT2D eigenvalue weighted by Gasteiger charge is -2.26. The van der Waals surface area contributed by atoms with Crippen LogP contribution in [0.15, 0.2) is 18.2 Å². The predicted molar refractivity (Wildman–Crippen MR) is 75.2 cm³/mol. The van der Waals surface area contributed by atoms with Crippen LogP contribution in [0.25, 0.3) is 0 Å². The Balaban J connectivity index is 2.72. The highest BCUT2D eigenvalue weighted by atomic mass is 32.2. The molecule has 3 unspecified atom stereocenters. The topological polar surface area (TPSA) is 72.7 Å². The van der Waals surface area contributed by atoms with Gasteiger partial charge >= 0.3 is 0 Å². The summed E-state index contributed by atoms with van der Waals surface area (Å²) in [5.41, 5.74) is 0.734. The van der Waals surface area contributed by atoms with E-state index in [-0.39, 0.29) is 35.4 Å². The Morgan fingerprint density at radius 1 is 1.28 bits per heavy atom. The molecule has 102 valence electrons. The van der Waals surface area contributed by atoms with E-state index < -0.39 is 0 Å². The standard InChI is InChI=1S/C13H21NO3S/c1-8(14-9(2)13(7-15)18-3)11-5-4-10(16)6-12(11)17/h4-6,8-9,13-17H,7H2,1-3H3. The number of aromatic hydroxyl groups is 2. The molecule has 18 heavy (non-hydrogen) atoms. The van der Waals surface area contributed by atoms with Gasteiger partial charge in [0.2, 0.25) is 0 Å². The Morgan fingerprint density at radius 2 is 1.94 bits per heavy atom. The fourth-order valence-corrected chi connectivity index (χ4v) is 2.56. The Hall–Kier alpha value is -0.910. The van der Waals surface area contributed by atoms with Crippen LogP contribution in [0.4, 0.5) is 0 Å². The van der Waals surface area contributed by atoms with Gasteiger partial charge in [-0.3, -0.25) is 0 Å². The summed E-state index contributed by atoms with van der Waals surface area (Å²) in [4.78, 5) is 0. The molecule has 0 aliphatic carbocycles. The van der Waals surface area contributed by atoms with Gasteiger partial charge in [0.1, 0.15) is 11.5 Å². The van der Waals surface area contributed by atoms with E-state index in [0.717, 1.165) is 5.56 Å². The van der Waals surface area contributed by atoms with E-state index >= 15 is 0 Å². The Kier molecular flexibility index (Phi) is 5.78. The fourth-order valence-electron chi connectivity index (χ4n) is 1.93. The smallest absolute Gasteiger partial charge is 0.124 e. The van der Waals surface area contributed by atoms with Gasteiger partial charge in [0.05, 0.1) is 6.61 Å². The molecule has 3 atom stereocenters. The van der Waals surface area contributed by atoms with E-state index in [9.17, 15) is 15.3 Å². The van der Waals surface area contributed by atoms with Gasteiger partial charge in [0.15, 0.2) is 0 Å². The summed E-state index contributed by atoms with van der Waals surface area (Å²) in [6.07, 6.45) is 1.96. The highest BCUT2D eigenvalue weighted by molar-refractivity contribution is 7.99. The molecule has 1 aromatic carbocycles. The molecule has 0 aliphatic heterocycles. The van der Waals surface area contributed by atoms with Crippen molar-refractivity contribution in [1.29, 1.82) is 0 Å². The lowest BCUT2D eigenvalue weighted by atomic mass is 10.1. The van der Waals surface area contributed by atoms with Crippen molar-refractivity contribution in [1.82, 2.24) is 5.32 Å². The van der Waals surface area contributed by atoms with Crippen LogP contribution in [-0.2, 0) is 0 Å². The molecule has 0 saturated heterocycles. The number of hydrogen-bond acceptors (Lipinski definition) is 5. The van der Waals surface area contributed by atoms with Crippen LogP contribution in [0, 0.1) is 0 Å². The molecule has 0 radical (unpaired) electrons. The van der Waals surface area contributed by atoms with Crippen LogP contribution in [0.2, 0.25) is 0 Å². The van der Waals surface area contributed by atoms with Gasteiger partial charge in [0.25, 0.3) is 0 Å². The van der Waals surface area contributed by atoms with Crippen LogP contribution in [0.1, 0.15) is 25.5 Å². The number of hydrogen-bond donors (Lipinski definition) is 4. The number of aliphatic hydroxyl groups is 1.